The van der Waals surface area contributed by atoms with E-state index in [9.17, 15) is 4.79 Å². The van der Waals surface area contributed by atoms with Crippen molar-refractivity contribution >= 4 is 24.0 Å². The Bertz CT molecular complexity index is 994. The molecule has 0 spiro atoms. The number of rotatable bonds is 5. The molecule has 6 nitrogen and oxygen atoms in total. The van der Waals surface area contributed by atoms with Gasteiger partial charge in [0.1, 0.15) is 0 Å². The fourth-order valence-corrected chi connectivity index (χ4v) is 4.70. The maximum absolute atomic E-state index is 12.7. The molecule has 2 atom stereocenters. The number of H-pyrrole nitrogens is 1. The first kappa shape index (κ1) is 20.6. The number of aromatic amines is 1. The first-order chi connectivity index (χ1) is 14.2. The Morgan fingerprint density at radius 1 is 1.00 bits per heavy atom. The number of benzene rings is 2. The van der Waals surface area contributed by atoms with Crippen LogP contribution in [0.25, 0.3) is 22.8 Å². The van der Waals surface area contributed by atoms with Gasteiger partial charge in [-0.2, -0.15) is 5.10 Å². The predicted octanol–water partition coefficient (Wildman–Crippen LogP) is 4.42. The molecule has 1 amide bonds. The second-order valence-corrected chi connectivity index (χ2v) is 8.15. The highest BCUT2D eigenvalue weighted by atomic mass is 35.5. The summed E-state index contributed by atoms with van der Waals surface area (Å²) in [7, 11) is 0. The third-order valence-corrected chi connectivity index (χ3v) is 6.02. The van der Waals surface area contributed by atoms with Crippen molar-refractivity contribution < 1.29 is 4.79 Å². The normalized spacial score (nSPS) is 22.3. The van der Waals surface area contributed by atoms with Crippen molar-refractivity contribution in [3.8, 4) is 22.8 Å². The third kappa shape index (κ3) is 4.40. The Morgan fingerprint density at radius 2 is 1.70 bits per heavy atom. The fraction of sp³-hybridized carbons (Fsp3) is 0.348. The molecular weight excluding hydrogens is 398 g/mol. The van der Waals surface area contributed by atoms with E-state index in [1.807, 2.05) is 54.6 Å². The molecule has 1 aromatic heterocycles. The number of halogens is 1. The zero-order chi connectivity index (χ0) is 19.6. The molecule has 2 aliphatic heterocycles. The Morgan fingerprint density at radius 3 is 2.47 bits per heavy atom. The summed E-state index contributed by atoms with van der Waals surface area (Å²) in [4.78, 5) is 17.4. The number of amides is 1. The number of aromatic nitrogens is 3. The van der Waals surface area contributed by atoms with Gasteiger partial charge in [0.15, 0.2) is 11.6 Å². The number of fused-ring (bicyclic) bond motifs is 2. The first-order valence-electron chi connectivity index (χ1n) is 10.4. The Kier molecular flexibility index (Phi) is 6.16. The van der Waals surface area contributed by atoms with Crippen molar-refractivity contribution in [3.63, 3.8) is 0 Å². The van der Waals surface area contributed by atoms with Gasteiger partial charge in [-0.25, -0.2) is 4.98 Å². The maximum Gasteiger partial charge on any atom is 0.224 e. The monoisotopic (exact) mass is 423 g/mol. The van der Waals surface area contributed by atoms with E-state index in [0.717, 1.165) is 29.7 Å². The summed E-state index contributed by atoms with van der Waals surface area (Å²) in [6.45, 7) is 0. The highest BCUT2D eigenvalue weighted by Crippen LogP contribution is 2.33. The molecular formula is C23H26ClN5O. The van der Waals surface area contributed by atoms with Gasteiger partial charge in [0.25, 0.3) is 0 Å². The molecule has 0 aliphatic carbocycles. The molecule has 2 unspecified atom stereocenters. The van der Waals surface area contributed by atoms with Gasteiger partial charge in [-0.1, -0.05) is 42.5 Å². The van der Waals surface area contributed by atoms with Crippen molar-refractivity contribution in [2.24, 2.45) is 5.92 Å². The summed E-state index contributed by atoms with van der Waals surface area (Å²) in [5.41, 5.74) is 2.57. The summed E-state index contributed by atoms with van der Waals surface area (Å²) in [5.74, 6) is 1.84. The van der Waals surface area contributed by atoms with Gasteiger partial charge in [-0.15, -0.1) is 12.4 Å². The third-order valence-electron chi connectivity index (χ3n) is 6.02. The van der Waals surface area contributed by atoms with Crippen molar-refractivity contribution in [2.75, 3.05) is 5.32 Å². The lowest BCUT2D eigenvalue weighted by Gasteiger charge is -2.28. The number of nitrogens with zero attached hydrogens (tertiary/aromatic N) is 2. The van der Waals surface area contributed by atoms with E-state index in [2.05, 4.69) is 25.8 Å². The minimum absolute atomic E-state index is 0. The maximum atomic E-state index is 12.7. The van der Waals surface area contributed by atoms with Crippen LogP contribution in [0.1, 0.15) is 32.1 Å². The van der Waals surface area contributed by atoms with Gasteiger partial charge in [0, 0.05) is 29.6 Å². The Labute approximate surface area is 182 Å². The number of carbonyl (C=O) groups is 1. The average molecular weight is 424 g/mol. The van der Waals surface area contributed by atoms with Crippen molar-refractivity contribution in [3.05, 3.63) is 54.6 Å². The van der Waals surface area contributed by atoms with Crippen LogP contribution in [0.2, 0.25) is 0 Å². The van der Waals surface area contributed by atoms with E-state index in [1.165, 1.54) is 12.8 Å². The zero-order valence-corrected chi connectivity index (χ0v) is 17.5. The number of hydrogen-bond acceptors (Lipinski definition) is 4. The minimum Gasteiger partial charge on any atom is -0.325 e. The molecule has 3 N–H and O–H groups in total. The molecule has 2 aliphatic rings. The Balaban J connectivity index is 0.00000218. The summed E-state index contributed by atoms with van der Waals surface area (Å²) in [6, 6.07) is 18.8. The molecule has 2 aromatic carbocycles. The first-order valence-corrected chi connectivity index (χ1v) is 10.4. The van der Waals surface area contributed by atoms with Crippen LogP contribution in [0, 0.1) is 5.92 Å². The van der Waals surface area contributed by atoms with Gasteiger partial charge in [-0.3, -0.25) is 9.89 Å². The SMILES string of the molecule is Cl.O=C(CC1CC2CCC(C1)N2)Nc1ccccc1-c1nc(-c2ccccc2)n[nH]1. The van der Waals surface area contributed by atoms with Crippen molar-refractivity contribution in [1.82, 2.24) is 20.5 Å². The van der Waals surface area contributed by atoms with Gasteiger partial charge in [0.05, 0.1) is 5.69 Å². The van der Waals surface area contributed by atoms with Crippen LogP contribution < -0.4 is 10.6 Å². The molecule has 0 radical (unpaired) electrons. The lowest BCUT2D eigenvalue weighted by molar-refractivity contribution is -0.117. The second kappa shape index (κ2) is 8.98. The quantitative estimate of drug-likeness (QED) is 0.567. The molecule has 30 heavy (non-hydrogen) atoms. The standard InChI is InChI=1S/C23H25N5O.ClH/c29-21(14-15-12-17-10-11-18(13-15)24-17)25-20-9-5-4-8-19(20)23-26-22(27-28-23)16-6-2-1-3-7-16;/h1-9,15,17-18,24H,10-14H2,(H,25,29)(H,26,27,28);1H. The molecule has 3 heterocycles. The van der Waals surface area contributed by atoms with Crippen LogP contribution in [-0.4, -0.2) is 33.2 Å². The van der Waals surface area contributed by atoms with Crippen LogP contribution >= 0.6 is 12.4 Å². The number of carbonyl (C=O) groups excluding carboxylic acids is 1. The molecule has 7 heteroatoms. The summed E-state index contributed by atoms with van der Waals surface area (Å²) in [5, 5.41) is 14.1. The van der Waals surface area contributed by atoms with Crippen LogP contribution in [0.5, 0.6) is 0 Å². The van der Waals surface area contributed by atoms with Crippen LogP contribution in [0.4, 0.5) is 5.69 Å². The van der Waals surface area contributed by atoms with E-state index in [1.54, 1.807) is 0 Å². The molecule has 2 fully saturated rings. The van der Waals surface area contributed by atoms with Gasteiger partial charge in [0.2, 0.25) is 5.91 Å². The zero-order valence-electron chi connectivity index (χ0n) is 16.7. The van der Waals surface area contributed by atoms with Crippen LogP contribution in [0.3, 0.4) is 0 Å². The highest BCUT2D eigenvalue weighted by molar-refractivity contribution is 5.94. The summed E-state index contributed by atoms with van der Waals surface area (Å²) in [6.07, 6.45) is 5.29. The van der Waals surface area contributed by atoms with Crippen molar-refractivity contribution in [1.29, 1.82) is 0 Å². The largest absolute Gasteiger partial charge is 0.325 e. The predicted molar refractivity (Wildman–Crippen MR) is 120 cm³/mol. The smallest absolute Gasteiger partial charge is 0.224 e. The summed E-state index contributed by atoms with van der Waals surface area (Å²) < 4.78 is 0. The number of piperidine rings is 1. The molecule has 156 valence electrons. The van der Waals surface area contributed by atoms with E-state index < -0.39 is 0 Å². The number of para-hydroxylation sites is 1. The van der Waals surface area contributed by atoms with Crippen LogP contribution in [0.15, 0.2) is 54.6 Å². The van der Waals surface area contributed by atoms with E-state index in [4.69, 9.17) is 0 Å². The van der Waals surface area contributed by atoms with Gasteiger partial charge >= 0.3 is 0 Å². The van der Waals surface area contributed by atoms with Gasteiger partial charge in [-0.05, 0) is 43.7 Å². The van der Waals surface area contributed by atoms with E-state index in [-0.39, 0.29) is 18.3 Å². The fourth-order valence-electron chi connectivity index (χ4n) is 4.70. The van der Waals surface area contributed by atoms with Crippen molar-refractivity contribution in [2.45, 2.75) is 44.2 Å². The number of hydrogen-bond donors (Lipinski definition) is 3. The molecule has 3 aromatic rings. The molecule has 5 rings (SSSR count). The minimum atomic E-state index is 0. The van der Waals surface area contributed by atoms with Crippen LogP contribution in [-0.2, 0) is 4.79 Å². The molecule has 2 saturated heterocycles. The topological polar surface area (TPSA) is 82.7 Å². The number of anilines is 1. The number of nitrogens with one attached hydrogen (secondary N) is 3. The lowest BCUT2D eigenvalue weighted by atomic mass is 9.89. The Hall–Kier alpha value is -2.70. The van der Waals surface area contributed by atoms with Gasteiger partial charge < -0.3 is 10.6 Å². The lowest BCUT2D eigenvalue weighted by Crippen LogP contribution is -2.39. The average Bonchev–Trinajstić information content (AvgIpc) is 3.36. The van der Waals surface area contributed by atoms with E-state index >= 15 is 0 Å². The summed E-state index contributed by atoms with van der Waals surface area (Å²) >= 11 is 0. The van der Waals surface area contributed by atoms with E-state index in [0.29, 0.717) is 36.1 Å². The molecule has 2 bridgehead atoms. The second-order valence-electron chi connectivity index (χ2n) is 8.15. The highest BCUT2D eigenvalue weighted by Gasteiger charge is 2.34. The molecule has 0 saturated carbocycles.